The number of aliphatic hydroxyl groups is 2. The summed E-state index contributed by atoms with van der Waals surface area (Å²) in [5.74, 6) is -1.34. The van der Waals surface area contributed by atoms with E-state index in [1.165, 1.54) is 51.3 Å². The Balaban J connectivity index is 1.54. The fourth-order valence-corrected chi connectivity index (χ4v) is 4.99. The zero-order chi connectivity index (χ0) is 29.5. The SMILES string of the molecule is COc1cc(C(=O)NCC2(c3cc(C(C)(C)O)c(F)c(-c4ccc(F)cc4)n3)CC(O)CO2)cc2cc(C)nnc12. The number of hydrogen-bond donors (Lipinski definition) is 3. The largest absolute Gasteiger partial charge is 0.494 e. The standard InChI is InChI=1S/C30H30F2N4O5/c1-16-9-18-10-19(11-23(40-4)26(18)36-35-16)28(38)33-15-30(13-21(37)14-41-30)24-12-22(29(2,3)39)25(32)27(34-24)17-5-7-20(31)8-6-17/h5-12,21,37,39H,13-15H2,1-4H3,(H,33,38). The Bertz CT molecular complexity index is 1620. The number of aliphatic hydroxyl groups excluding tert-OH is 1. The molecule has 1 aliphatic heterocycles. The minimum atomic E-state index is -1.61. The summed E-state index contributed by atoms with van der Waals surface area (Å²) in [6.45, 7) is 4.49. The number of halogens is 2. The van der Waals surface area contributed by atoms with Gasteiger partial charge in [-0.25, -0.2) is 13.8 Å². The summed E-state index contributed by atoms with van der Waals surface area (Å²) in [5, 5.41) is 33.0. The zero-order valence-corrected chi connectivity index (χ0v) is 23.0. The summed E-state index contributed by atoms with van der Waals surface area (Å²) >= 11 is 0. The van der Waals surface area contributed by atoms with Gasteiger partial charge in [0.05, 0.1) is 43.4 Å². The molecule has 5 rings (SSSR count). The van der Waals surface area contributed by atoms with Crippen molar-refractivity contribution in [2.24, 2.45) is 0 Å². The smallest absolute Gasteiger partial charge is 0.251 e. The van der Waals surface area contributed by atoms with Crippen LogP contribution < -0.4 is 10.1 Å². The van der Waals surface area contributed by atoms with Gasteiger partial charge < -0.3 is 25.0 Å². The molecule has 214 valence electrons. The van der Waals surface area contributed by atoms with E-state index in [0.29, 0.717) is 27.9 Å². The number of carbonyl (C=O) groups excluding carboxylic acids is 1. The topological polar surface area (TPSA) is 127 Å². The molecule has 2 atom stereocenters. The lowest BCUT2D eigenvalue weighted by Crippen LogP contribution is -2.42. The number of rotatable bonds is 7. The van der Waals surface area contributed by atoms with Gasteiger partial charge in [0, 0.05) is 28.5 Å². The van der Waals surface area contributed by atoms with Gasteiger partial charge in [0.2, 0.25) is 0 Å². The minimum Gasteiger partial charge on any atom is -0.494 e. The molecule has 1 aliphatic rings. The molecule has 1 fully saturated rings. The molecule has 0 aliphatic carbocycles. The first-order chi connectivity index (χ1) is 19.4. The average molecular weight is 565 g/mol. The van der Waals surface area contributed by atoms with Crippen LogP contribution in [0, 0.1) is 18.6 Å². The molecule has 3 N–H and O–H groups in total. The van der Waals surface area contributed by atoms with Crippen LogP contribution in [0.3, 0.4) is 0 Å². The molecular weight excluding hydrogens is 534 g/mol. The molecule has 0 spiro atoms. The summed E-state index contributed by atoms with van der Waals surface area (Å²) in [4.78, 5) is 17.9. The third kappa shape index (κ3) is 5.61. The van der Waals surface area contributed by atoms with Gasteiger partial charge in [0.15, 0.2) is 5.82 Å². The number of hydrogen-bond acceptors (Lipinski definition) is 8. The van der Waals surface area contributed by atoms with Crippen molar-refractivity contribution >= 4 is 16.8 Å². The van der Waals surface area contributed by atoms with Gasteiger partial charge in [0.1, 0.15) is 28.4 Å². The first-order valence-electron chi connectivity index (χ1n) is 13.0. The van der Waals surface area contributed by atoms with Crippen molar-refractivity contribution in [3.05, 3.63) is 82.7 Å². The predicted molar refractivity (Wildman–Crippen MR) is 146 cm³/mol. The van der Waals surface area contributed by atoms with Crippen LogP contribution in [-0.4, -0.2) is 57.7 Å². The molecule has 0 bridgehead atoms. The van der Waals surface area contributed by atoms with Crippen LogP contribution in [0.2, 0.25) is 0 Å². The molecular formula is C30H30F2N4O5. The molecule has 0 radical (unpaired) electrons. The highest BCUT2D eigenvalue weighted by Crippen LogP contribution is 2.39. The van der Waals surface area contributed by atoms with Crippen molar-refractivity contribution in [1.82, 2.24) is 20.5 Å². The van der Waals surface area contributed by atoms with E-state index < -0.39 is 34.8 Å². The number of carbonyl (C=O) groups is 1. The summed E-state index contributed by atoms with van der Waals surface area (Å²) in [6, 6.07) is 11.5. The highest BCUT2D eigenvalue weighted by molar-refractivity contribution is 5.99. The van der Waals surface area contributed by atoms with E-state index >= 15 is 4.39 Å². The van der Waals surface area contributed by atoms with Crippen LogP contribution in [0.4, 0.5) is 8.78 Å². The number of fused-ring (bicyclic) bond motifs is 1. The highest BCUT2D eigenvalue weighted by atomic mass is 19.1. The number of aromatic nitrogens is 3. The maximum Gasteiger partial charge on any atom is 0.251 e. The molecule has 4 aromatic rings. The number of pyridine rings is 1. The third-order valence-corrected chi connectivity index (χ3v) is 7.11. The average Bonchev–Trinajstić information content (AvgIpc) is 3.32. The molecule has 3 heterocycles. The third-order valence-electron chi connectivity index (χ3n) is 7.11. The Kier molecular flexibility index (Phi) is 7.45. The maximum atomic E-state index is 15.7. The van der Waals surface area contributed by atoms with Crippen LogP contribution in [0.15, 0.2) is 48.5 Å². The van der Waals surface area contributed by atoms with Crippen molar-refractivity contribution in [2.45, 2.75) is 44.5 Å². The minimum absolute atomic E-state index is 0.0413. The van der Waals surface area contributed by atoms with Crippen molar-refractivity contribution in [3.8, 4) is 17.0 Å². The molecule has 11 heteroatoms. The van der Waals surface area contributed by atoms with Crippen molar-refractivity contribution < 1.29 is 33.3 Å². The summed E-state index contributed by atoms with van der Waals surface area (Å²) in [5.41, 5.74) is -1.17. The fourth-order valence-electron chi connectivity index (χ4n) is 4.99. The summed E-state index contributed by atoms with van der Waals surface area (Å²) in [7, 11) is 1.47. The summed E-state index contributed by atoms with van der Waals surface area (Å²) in [6.07, 6.45) is -0.823. The Morgan fingerprint density at radius 2 is 1.90 bits per heavy atom. The predicted octanol–water partition coefficient (Wildman–Crippen LogP) is 3.92. The molecule has 2 aromatic heterocycles. The number of nitrogens with one attached hydrogen (secondary N) is 1. The van der Waals surface area contributed by atoms with E-state index in [0.717, 1.165) is 0 Å². The first-order valence-corrected chi connectivity index (χ1v) is 13.0. The van der Waals surface area contributed by atoms with Crippen molar-refractivity contribution in [3.63, 3.8) is 0 Å². The lowest BCUT2D eigenvalue weighted by atomic mass is 9.88. The molecule has 41 heavy (non-hydrogen) atoms. The Labute approximate surface area is 235 Å². The molecule has 1 saturated heterocycles. The summed E-state index contributed by atoms with van der Waals surface area (Å²) < 4.78 is 40.8. The number of amides is 1. The number of methoxy groups -OCH3 is 1. The van der Waals surface area contributed by atoms with Gasteiger partial charge in [-0.15, -0.1) is 5.10 Å². The fraction of sp³-hybridized carbons (Fsp3) is 0.333. The quantitative estimate of drug-likeness (QED) is 0.308. The second-order valence-electron chi connectivity index (χ2n) is 10.7. The second-order valence-corrected chi connectivity index (χ2v) is 10.7. The number of ether oxygens (including phenoxy) is 2. The monoisotopic (exact) mass is 564 g/mol. The number of aryl methyl sites for hydroxylation is 1. The van der Waals surface area contributed by atoms with Gasteiger partial charge in [-0.1, -0.05) is 0 Å². The van der Waals surface area contributed by atoms with E-state index in [1.807, 2.05) is 0 Å². The number of nitrogens with zero attached hydrogens (tertiary/aromatic N) is 3. The Hall–Kier alpha value is -4.06. The van der Waals surface area contributed by atoms with E-state index in [1.54, 1.807) is 25.1 Å². The number of benzene rings is 2. The van der Waals surface area contributed by atoms with Crippen LogP contribution in [0.1, 0.15) is 47.6 Å². The second kappa shape index (κ2) is 10.7. The first kappa shape index (κ1) is 28.5. The molecule has 2 unspecified atom stereocenters. The van der Waals surface area contributed by atoms with Crippen LogP contribution in [0.5, 0.6) is 5.75 Å². The van der Waals surface area contributed by atoms with Gasteiger partial charge >= 0.3 is 0 Å². The lowest BCUT2D eigenvalue weighted by Gasteiger charge is -2.30. The molecule has 0 saturated carbocycles. The van der Waals surface area contributed by atoms with Crippen molar-refractivity contribution in [2.75, 3.05) is 20.3 Å². The highest BCUT2D eigenvalue weighted by Gasteiger charge is 2.44. The normalized spacial score (nSPS) is 19.0. The van der Waals surface area contributed by atoms with Crippen LogP contribution >= 0.6 is 0 Å². The Morgan fingerprint density at radius 3 is 2.54 bits per heavy atom. The molecule has 1 amide bonds. The van der Waals surface area contributed by atoms with Crippen molar-refractivity contribution in [1.29, 1.82) is 0 Å². The van der Waals surface area contributed by atoms with E-state index in [9.17, 15) is 19.4 Å². The lowest BCUT2D eigenvalue weighted by molar-refractivity contribution is -0.00530. The van der Waals surface area contributed by atoms with Gasteiger partial charge in [-0.3, -0.25) is 4.79 Å². The van der Waals surface area contributed by atoms with Gasteiger partial charge in [0.25, 0.3) is 5.91 Å². The molecule has 2 aromatic carbocycles. The van der Waals surface area contributed by atoms with Gasteiger partial charge in [-0.05, 0) is 69.3 Å². The van der Waals surface area contributed by atoms with Crippen LogP contribution in [-0.2, 0) is 15.9 Å². The van der Waals surface area contributed by atoms with Crippen LogP contribution in [0.25, 0.3) is 22.2 Å². The zero-order valence-electron chi connectivity index (χ0n) is 23.0. The van der Waals surface area contributed by atoms with Gasteiger partial charge in [-0.2, -0.15) is 5.10 Å². The van der Waals surface area contributed by atoms with E-state index in [2.05, 4.69) is 20.5 Å². The Morgan fingerprint density at radius 1 is 1.17 bits per heavy atom. The van der Waals surface area contributed by atoms with E-state index in [-0.39, 0.29) is 42.1 Å². The maximum absolute atomic E-state index is 15.7. The van der Waals surface area contributed by atoms with E-state index in [4.69, 9.17) is 9.47 Å². The molecule has 9 nitrogen and oxygen atoms in total.